The molecule has 94 valence electrons. The molecule has 1 atom stereocenters. The second-order valence-corrected chi connectivity index (χ2v) is 6.08. The van der Waals surface area contributed by atoms with Crippen molar-refractivity contribution >= 4 is 29.0 Å². The molecule has 2 heterocycles. The number of carbonyl (C=O) groups is 1. The third-order valence-electron chi connectivity index (χ3n) is 2.84. The Balaban J connectivity index is 2.06. The van der Waals surface area contributed by atoms with Crippen LogP contribution in [0.3, 0.4) is 0 Å². The largest absolute Gasteiger partial charge is 0.385 e. The van der Waals surface area contributed by atoms with E-state index in [0.717, 1.165) is 13.0 Å². The number of nitrogens with zero attached hydrogens (tertiary/aromatic N) is 1. The molecule has 5 heteroatoms. The topological polar surface area (TPSA) is 29.5 Å². The summed E-state index contributed by atoms with van der Waals surface area (Å²) in [4.78, 5) is 15.2. The third-order valence-corrected chi connectivity index (χ3v) is 5.28. The Bertz CT molecular complexity index is 392. The van der Waals surface area contributed by atoms with Crippen molar-refractivity contribution < 1.29 is 9.53 Å². The van der Waals surface area contributed by atoms with Crippen LogP contribution in [0.25, 0.3) is 0 Å². The van der Waals surface area contributed by atoms with Gasteiger partial charge in [0.25, 0.3) is 0 Å². The molecule has 0 N–H and O–H groups in total. The van der Waals surface area contributed by atoms with Crippen molar-refractivity contribution in [2.45, 2.75) is 18.7 Å². The molecular formula is C12H17NO2S2. The smallest absolute Gasteiger partial charge is 0.233 e. The van der Waals surface area contributed by atoms with Crippen molar-refractivity contribution in [1.82, 2.24) is 4.90 Å². The Morgan fingerprint density at radius 2 is 2.41 bits per heavy atom. The van der Waals surface area contributed by atoms with Gasteiger partial charge in [0.15, 0.2) is 0 Å². The lowest BCUT2D eigenvalue weighted by Crippen LogP contribution is -2.29. The van der Waals surface area contributed by atoms with Gasteiger partial charge < -0.3 is 9.64 Å². The van der Waals surface area contributed by atoms with Crippen LogP contribution in [0.5, 0.6) is 0 Å². The summed E-state index contributed by atoms with van der Waals surface area (Å²) in [6.07, 6.45) is 0.906. The highest BCUT2D eigenvalue weighted by Gasteiger charge is 2.33. The van der Waals surface area contributed by atoms with Gasteiger partial charge in [0.2, 0.25) is 5.91 Å². The molecule has 2 rings (SSSR count). The van der Waals surface area contributed by atoms with Crippen molar-refractivity contribution in [2.24, 2.45) is 0 Å². The lowest BCUT2D eigenvalue weighted by atomic mass is 10.2. The van der Waals surface area contributed by atoms with E-state index in [-0.39, 0.29) is 11.3 Å². The molecule has 1 aliphatic rings. The number of thioether (sulfide) groups is 1. The maximum Gasteiger partial charge on any atom is 0.233 e. The molecule has 1 saturated heterocycles. The van der Waals surface area contributed by atoms with Gasteiger partial charge in [0.05, 0.1) is 5.75 Å². The minimum Gasteiger partial charge on any atom is -0.385 e. The molecule has 1 aromatic heterocycles. The lowest BCUT2D eigenvalue weighted by molar-refractivity contribution is -0.128. The second kappa shape index (κ2) is 5.89. The predicted octanol–water partition coefficient (Wildman–Crippen LogP) is 2.67. The lowest BCUT2D eigenvalue weighted by Gasteiger charge is -2.23. The van der Waals surface area contributed by atoms with Crippen LogP contribution in [-0.4, -0.2) is 36.8 Å². The second-order valence-electron chi connectivity index (χ2n) is 4.06. The summed E-state index contributed by atoms with van der Waals surface area (Å²) in [6.45, 7) is 3.62. The minimum atomic E-state index is 0.222. The molecule has 0 aliphatic carbocycles. The Hall–Kier alpha value is -0.520. The fraction of sp³-hybridized carbons (Fsp3) is 0.583. The number of rotatable bonds is 5. The van der Waals surface area contributed by atoms with E-state index in [1.807, 2.05) is 4.90 Å². The first-order valence-corrected chi connectivity index (χ1v) is 7.61. The number of amides is 1. The van der Waals surface area contributed by atoms with Crippen molar-refractivity contribution in [1.29, 1.82) is 0 Å². The third kappa shape index (κ3) is 2.84. The summed E-state index contributed by atoms with van der Waals surface area (Å²) >= 11 is 3.48. The van der Waals surface area contributed by atoms with E-state index in [9.17, 15) is 4.79 Å². The van der Waals surface area contributed by atoms with Crippen LogP contribution in [0.15, 0.2) is 11.4 Å². The first-order valence-electron chi connectivity index (χ1n) is 5.68. The molecule has 0 spiro atoms. The molecule has 1 aromatic rings. The van der Waals surface area contributed by atoms with Crippen LogP contribution < -0.4 is 0 Å². The summed E-state index contributed by atoms with van der Waals surface area (Å²) in [5.41, 5.74) is 1.29. The normalized spacial score (nSPS) is 20.2. The van der Waals surface area contributed by atoms with E-state index >= 15 is 0 Å². The first-order chi connectivity index (χ1) is 8.24. The molecule has 0 aromatic carbocycles. The zero-order valence-corrected chi connectivity index (χ0v) is 11.8. The molecule has 0 saturated carbocycles. The van der Waals surface area contributed by atoms with Crippen LogP contribution in [0, 0.1) is 6.92 Å². The van der Waals surface area contributed by atoms with Crippen molar-refractivity contribution in [3.8, 4) is 0 Å². The Morgan fingerprint density at radius 3 is 3.06 bits per heavy atom. The maximum atomic E-state index is 11.9. The van der Waals surface area contributed by atoms with Crippen LogP contribution >= 0.6 is 23.1 Å². The van der Waals surface area contributed by atoms with E-state index in [1.54, 1.807) is 30.2 Å². The molecule has 0 radical (unpaired) electrons. The van der Waals surface area contributed by atoms with Gasteiger partial charge >= 0.3 is 0 Å². The van der Waals surface area contributed by atoms with Crippen molar-refractivity contribution in [3.63, 3.8) is 0 Å². The van der Waals surface area contributed by atoms with Gasteiger partial charge in [-0.05, 0) is 30.4 Å². The van der Waals surface area contributed by atoms with Gasteiger partial charge in [-0.25, -0.2) is 0 Å². The summed E-state index contributed by atoms with van der Waals surface area (Å²) in [5.74, 6) is 0.860. The summed E-state index contributed by atoms with van der Waals surface area (Å²) in [6, 6.07) is 2.12. The van der Waals surface area contributed by atoms with Crippen LogP contribution in [0.1, 0.15) is 22.2 Å². The van der Waals surface area contributed by atoms with E-state index < -0.39 is 0 Å². The highest BCUT2D eigenvalue weighted by Crippen LogP contribution is 2.42. The molecule has 3 nitrogen and oxygen atoms in total. The van der Waals surface area contributed by atoms with Gasteiger partial charge in [0.1, 0.15) is 5.37 Å². The molecule has 0 bridgehead atoms. The molecule has 1 unspecified atom stereocenters. The number of methoxy groups -OCH3 is 1. The monoisotopic (exact) mass is 271 g/mol. The van der Waals surface area contributed by atoms with E-state index in [1.165, 1.54) is 10.4 Å². The quantitative estimate of drug-likeness (QED) is 0.771. The number of ether oxygens (including phenoxy) is 1. The standard InChI is InChI=1S/C12H17NO2S2/c1-9-4-7-16-11(9)12-13(5-3-6-15-2)10(14)8-17-12/h4,7,12H,3,5-6,8H2,1-2H3. The van der Waals surface area contributed by atoms with Crippen LogP contribution in [0.4, 0.5) is 0 Å². The zero-order chi connectivity index (χ0) is 12.3. The number of hydrogen-bond donors (Lipinski definition) is 0. The van der Waals surface area contributed by atoms with Crippen LogP contribution in [0.2, 0.25) is 0 Å². The average molecular weight is 271 g/mol. The summed E-state index contributed by atoms with van der Waals surface area (Å²) < 4.78 is 5.04. The average Bonchev–Trinajstić information content (AvgIpc) is 2.87. The number of carbonyl (C=O) groups excluding carboxylic acids is 1. The van der Waals surface area contributed by atoms with Gasteiger partial charge in [-0.2, -0.15) is 0 Å². The number of hydrogen-bond acceptors (Lipinski definition) is 4. The van der Waals surface area contributed by atoms with Gasteiger partial charge in [-0.1, -0.05) is 0 Å². The maximum absolute atomic E-state index is 11.9. The molecule has 1 fully saturated rings. The molecule has 1 amide bonds. The van der Waals surface area contributed by atoms with E-state index in [4.69, 9.17) is 4.74 Å². The fourth-order valence-electron chi connectivity index (χ4n) is 1.93. The van der Waals surface area contributed by atoms with Crippen molar-refractivity contribution in [3.05, 3.63) is 21.9 Å². The summed E-state index contributed by atoms with van der Waals surface area (Å²) in [7, 11) is 1.70. The highest BCUT2D eigenvalue weighted by atomic mass is 32.2. The highest BCUT2D eigenvalue weighted by molar-refractivity contribution is 8.00. The molecular weight excluding hydrogens is 254 g/mol. The van der Waals surface area contributed by atoms with E-state index in [2.05, 4.69) is 18.4 Å². The fourth-order valence-corrected chi connectivity index (χ4v) is 4.42. The predicted molar refractivity (Wildman–Crippen MR) is 72.5 cm³/mol. The van der Waals surface area contributed by atoms with Crippen LogP contribution in [-0.2, 0) is 9.53 Å². The Labute approximate surface area is 110 Å². The Morgan fingerprint density at radius 1 is 1.59 bits per heavy atom. The number of thiophene rings is 1. The van der Waals surface area contributed by atoms with Gasteiger partial charge in [-0.15, -0.1) is 23.1 Å². The van der Waals surface area contributed by atoms with Crippen molar-refractivity contribution in [2.75, 3.05) is 26.0 Å². The zero-order valence-electron chi connectivity index (χ0n) is 10.1. The Kier molecular flexibility index (Phi) is 4.48. The minimum absolute atomic E-state index is 0.222. The van der Waals surface area contributed by atoms with E-state index in [0.29, 0.717) is 12.4 Å². The first kappa shape index (κ1) is 12.9. The van der Waals surface area contributed by atoms with Gasteiger partial charge in [-0.3, -0.25) is 4.79 Å². The summed E-state index contributed by atoms with van der Waals surface area (Å²) in [5, 5.41) is 2.32. The molecule has 1 aliphatic heterocycles. The molecule has 17 heavy (non-hydrogen) atoms. The van der Waals surface area contributed by atoms with Gasteiger partial charge in [0, 0.05) is 25.1 Å². The number of aryl methyl sites for hydroxylation is 1. The SMILES string of the molecule is COCCCN1C(=O)CSC1c1sccc1C.